The molecule has 1 aliphatic rings. The molecular formula is C13H23N3O2. The van der Waals surface area contributed by atoms with E-state index < -0.39 is 0 Å². The van der Waals surface area contributed by atoms with Gasteiger partial charge in [-0.2, -0.15) is 4.98 Å². The van der Waals surface area contributed by atoms with Crippen molar-refractivity contribution >= 4 is 0 Å². The molecule has 0 bridgehead atoms. The molecule has 0 amide bonds. The standard InChI is InChI=1S/C13H23N3O2/c1-4-13(3)10(8-11(13)17-5-2)14-7-6-12-15-9-18-16-12/h9-11,14H,4-8H2,1-3H3. The van der Waals surface area contributed by atoms with E-state index in [2.05, 4.69) is 36.2 Å². The lowest BCUT2D eigenvalue weighted by molar-refractivity contribution is -0.125. The summed E-state index contributed by atoms with van der Waals surface area (Å²) in [5.74, 6) is 0.765. The van der Waals surface area contributed by atoms with Crippen molar-refractivity contribution in [2.45, 2.75) is 52.2 Å². The van der Waals surface area contributed by atoms with E-state index in [0.29, 0.717) is 12.1 Å². The SMILES string of the molecule is CCOC1CC(NCCc2ncon2)C1(C)CC. The minimum Gasteiger partial charge on any atom is -0.378 e. The highest BCUT2D eigenvalue weighted by Crippen LogP contribution is 2.45. The van der Waals surface area contributed by atoms with E-state index in [0.717, 1.165) is 38.2 Å². The fourth-order valence-corrected chi connectivity index (χ4v) is 2.73. The molecule has 5 nitrogen and oxygen atoms in total. The van der Waals surface area contributed by atoms with Gasteiger partial charge in [-0.1, -0.05) is 19.0 Å². The number of ether oxygens (including phenoxy) is 1. The van der Waals surface area contributed by atoms with Gasteiger partial charge in [-0.25, -0.2) is 0 Å². The molecule has 102 valence electrons. The number of rotatable bonds is 7. The van der Waals surface area contributed by atoms with Crippen LogP contribution in [0.4, 0.5) is 0 Å². The molecule has 1 saturated carbocycles. The maximum Gasteiger partial charge on any atom is 0.213 e. The first-order valence-electron chi connectivity index (χ1n) is 6.81. The molecule has 1 aliphatic carbocycles. The highest BCUT2D eigenvalue weighted by Gasteiger charge is 2.50. The van der Waals surface area contributed by atoms with Crippen LogP contribution in [0.1, 0.15) is 39.4 Å². The van der Waals surface area contributed by atoms with Gasteiger partial charge in [-0.05, 0) is 19.8 Å². The minimum atomic E-state index is 0.257. The lowest BCUT2D eigenvalue weighted by Gasteiger charge is -2.53. The number of nitrogens with one attached hydrogen (secondary N) is 1. The van der Waals surface area contributed by atoms with Crippen LogP contribution in [0.15, 0.2) is 10.9 Å². The van der Waals surface area contributed by atoms with Crippen molar-refractivity contribution in [1.82, 2.24) is 15.5 Å². The maximum atomic E-state index is 5.79. The number of hydrogen-bond acceptors (Lipinski definition) is 5. The summed E-state index contributed by atoms with van der Waals surface area (Å²) in [6.07, 6.45) is 4.82. The van der Waals surface area contributed by atoms with Gasteiger partial charge in [0, 0.05) is 31.0 Å². The summed E-state index contributed by atoms with van der Waals surface area (Å²) in [6, 6.07) is 0.533. The summed E-state index contributed by atoms with van der Waals surface area (Å²) in [5, 5.41) is 7.39. The first-order valence-corrected chi connectivity index (χ1v) is 6.81. The lowest BCUT2D eigenvalue weighted by atomic mass is 9.61. The molecule has 1 aromatic rings. The highest BCUT2D eigenvalue weighted by molar-refractivity contribution is 5.04. The topological polar surface area (TPSA) is 60.2 Å². The highest BCUT2D eigenvalue weighted by atomic mass is 16.5. The Bertz CT molecular complexity index is 355. The Hall–Kier alpha value is -0.940. The smallest absolute Gasteiger partial charge is 0.213 e. The fraction of sp³-hybridized carbons (Fsp3) is 0.846. The van der Waals surface area contributed by atoms with Crippen LogP contribution in [-0.2, 0) is 11.2 Å². The Labute approximate surface area is 108 Å². The van der Waals surface area contributed by atoms with Crippen molar-refractivity contribution in [3.8, 4) is 0 Å². The van der Waals surface area contributed by atoms with E-state index in [1.807, 2.05) is 0 Å². The van der Waals surface area contributed by atoms with Gasteiger partial charge in [0.15, 0.2) is 5.82 Å². The third-order valence-corrected chi connectivity index (χ3v) is 4.26. The van der Waals surface area contributed by atoms with Gasteiger partial charge in [0.25, 0.3) is 0 Å². The molecule has 2 rings (SSSR count). The summed E-state index contributed by atoms with van der Waals surface area (Å²) in [7, 11) is 0. The molecule has 18 heavy (non-hydrogen) atoms. The van der Waals surface area contributed by atoms with E-state index >= 15 is 0 Å². The Balaban J connectivity index is 1.76. The zero-order valence-corrected chi connectivity index (χ0v) is 11.5. The van der Waals surface area contributed by atoms with Crippen LogP contribution >= 0.6 is 0 Å². The quantitative estimate of drug-likeness (QED) is 0.803. The van der Waals surface area contributed by atoms with Crippen LogP contribution in [-0.4, -0.2) is 35.4 Å². The molecule has 0 saturated heterocycles. The van der Waals surface area contributed by atoms with Crippen LogP contribution in [0.2, 0.25) is 0 Å². The third kappa shape index (κ3) is 2.57. The van der Waals surface area contributed by atoms with Gasteiger partial charge in [-0.3, -0.25) is 0 Å². The number of hydrogen-bond donors (Lipinski definition) is 1. The predicted molar refractivity (Wildman–Crippen MR) is 68.2 cm³/mol. The maximum absolute atomic E-state index is 5.79. The normalized spacial score (nSPS) is 31.3. The average molecular weight is 253 g/mol. The molecule has 0 spiro atoms. The van der Waals surface area contributed by atoms with Crippen molar-refractivity contribution in [2.75, 3.05) is 13.2 Å². The van der Waals surface area contributed by atoms with E-state index in [9.17, 15) is 0 Å². The van der Waals surface area contributed by atoms with Crippen molar-refractivity contribution in [3.63, 3.8) is 0 Å². The zero-order valence-electron chi connectivity index (χ0n) is 11.5. The van der Waals surface area contributed by atoms with E-state index in [4.69, 9.17) is 9.26 Å². The van der Waals surface area contributed by atoms with Crippen molar-refractivity contribution in [1.29, 1.82) is 0 Å². The Morgan fingerprint density at radius 2 is 2.39 bits per heavy atom. The Kier molecular flexibility index (Phi) is 4.35. The molecule has 1 heterocycles. The van der Waals surface area contributed by atoms with Crippen molar-refractivity contribution in [3.05, 3.63) is 12.2 Å². The molecule has 0 radical (unpaired) electrons. The van der Waals surface area contributed by atoms with Gasteiger partial charge in [-0.15, -0.1) is 0 Å². The lowest BCUT2D eigenvalue weighted by Crippen LogP contribution is -2.62. The van der Waals surface area contributed by atoms with Crippen LogP contribution in [0.5, 0.6) is 0 Å². The first-order chi connectivity index (χ1) is 8.70. The van der Waals surface area contributed by atoms with E-state index in [1.165, 1.54) is 6.39 Å². The van der Waals surface area contributed by atoms with Gasteiger partial charge >= 0.3 is 0 Å². The molecule has 3 unspecified atom stereocenters. The molecule has 1 aromatic heterocycles. The number of aromatic nitrogens is 2. The van der Waals surface area contributed by atoms with Gasteiger partial charge < -0.3 is 14.6 Å². The van der Waals surface area contributed by atoms with Gasteiger partial charge in [0.2, 0.25) is 6.39 Å². The monoisotopic (exact) mass is 253 g/mol. The van der Waals surface area contributed by atoms with Gasteiger partial charge in [0.05, 0.1) is 6.10 Å². The van der Waals surface area contributed by atoms with E-state index in [-0.39, 0.29) is 5.41 Å². The summed E-state index contributed by atoms with van der Waals surface area (Å²) >= 11 is 0. The average Bonchev–Trinajstić information content (AvgIpc) is 2.89. The first kappa shape index (κ1) is 13.5. The van der Waals surface area contributed by atoms with Crippen LogP contribution in [0.25, 0.3) is 0 Å². The number of nitrogens with zero attached hydrogens (tertiary/aromatic N) is 2. The third-order valence-electron chi connectivity index (χ3n) is 4.26. The minimum absolute atomic E-state index is 0.257. The van der Waals surface area contributed by atoms with E-state index in [1.54, 1.807) is 0 Å². The van der Waals surface area contributed by atoms with Crippen molar-refractivity contribution in [2.24, 2.45) is 5.41 Å². The zero-order chi connectivity index (χ0) is 13.0. The Morgan fingerprint density at radius 3 is 3.00 bits per heavy atom. The Morgan fingerprint density at radius 1 is 1.56 bits per heavy atom. The summed E-state index contributed by atoms with van der Waals surface area (Å²) in [6.45, 7) is 8.30. The second kappa shape index (κ2) is 5.80. The molecule has 0 aromatic carbocycles. The molecule has 0 aliphatic heterocycles. The summed E-state index contributed by atoms with van der Waals surface area (Å²) in [5.41, 5.74) is 0.257. The van der Waals surface area contributed by atoms with Crippen LogP contribution < -0.4 is 5.32 Å². The van der Waals surface area contributed by atoms with Crippen LogP contribution in [0, 0.1) is 5.41 Å². The van der Waals surface area contributed by atoms with Crippen molar-refractivity contribution < 1.29 is 9.26 Å². The second-order valence-electron chi connectivity index (χ2n) is 5.14. The molecule has 1 N–H and O–H groups in total. The molecule has 3 atom stereocenters. The van der Waals surface area contributed by atoms with Crippen LogP contribution in [0.3, 0.4) is 0 Å². The predicted octanol–water partition coefficient (Wildman–Crippen LogP) is 1.80. The summed E-state index contributed by atoms with van der Waals surface area (Å²) in [4.78, 5) is 4.02. The molecular weight excluding hydrogens is 230 g/mol. The summed E-state index contributed by atoms with van der Waals surface area (Å²) < 4.78 is 10.5. The second-order valence-corrected chi connectivity index (χ2v) is 5.14. The molecule has 5 heteroatoms. The van der Waals surface area contributed by atoms with Gasteiger partial charge in [0.1, 0.15) is 0 Å². The largest absolute Gasteiger partial charge is 0.378 e. The molecule has 1 fully saturated rings. The fourth-order valence-electron chi connectivity index (χ4n) is 2.73.